The van der Waals surface area contributed by atoms with Crippen LogP contribution in [0.25, 0.3) is 0 Å². The van der Waals surface area contributed by atoms with Crippen LogP contribution in [-0.4, -0.2) is 25.7 Å². The monoisotopic (exact) mass is 317 g/mol. The van der Waals surface area contributed by atoms with Crippen LogP contribution in [0.4, 0.5) is 5.69 Å². The standard InChI is InChI=1S/C19H27NO3/c1-4-16(3)19(21)23-15-9-7-6-8-14-20-17-10-12-18(13-11-17)22-5-2/h1,10-13,16,20H,5-9,14-15H2,2-3H3. The van der Waals surface area contributed by atoms with Crippen molar-refractivity contribution in [3.05, 3.63) is 24.3 Å². The molecule has 0 bridgehead atoms. The lowest BCUT2D eigenvalue weighted by Crippen LogP contribution is -2.13. The lowest BCUT2D eigenvalue weighted by molar-refractivity contribution is -0.146. The van der Waals surface area contributed by atoms with E-state index in [0.29, 0.717) is 13.2 Å². The third kappa shape index (κ3) is 8.15. The second-order valence-corrected chi connectivity index (χ2v) is 5.35. The van der Waals surface area contributed by atoms with E-state index in [4.69, 9.17) is 15.9 Å². The van der Waals surface area contributed by atoms with Gasteiger partial charge in [0.15, 0.2) is 0 Å². The number of anilines is 1. The first-order chi connectivity index (χ1) is 11.2. The molecular formula is C19H27NO3. The van der Waals surface area contributed by atoms with Gasteiger partial charge in [0.1, 0.15) is 11.7 Å². The highest BCUT2D eigenvalue weighted by Crippen LogP contribution is 2.15. The number of esters is 1. The molecular weight excluding hydrogens is 290 g/mol. The van der Waals surface area contributed by atoms with Crippen molar-refractivity contribution in [1.82, 2.24) is 0 Å². The summed E-state index contributed by atoms with van der Waals surface area (Å²) in [4.78, 5) is 11.3. The van der Waals surface area contributed by atoms with Gasteiger partial charge in [-0.2, -0.15) is 0 Å². The maximum absolute atomic E-state index is 11.3. The number of ether oxygens (including phenoxy) is 2. The minimum absolute atomic E-state index is 0.301. The lowest BCUT2D eigenvalue weighted by atomic mass is 10.2. The maximum Gasteiger partial charge on any atom is 0.320 e. The molecule has 0 amide bonds. The highest BCUT2D eigenvalue weighted by molar-refractivity contribution is 5.75. The van der Waals surface area contributed by atoms with Crippen LogP contribution in [0.3, 0.4) is 0 Å². The minimum Gasteiger partial charge on any atom is -0.494 e. The Kier molecular flexibility index (Phi) is 9.38. The molecule has 0 aliphatic carbocycles. The summed E-state index contributed by atoms with van der Waals surface area (Å²) < 4.78 is 10.5. The van der Waals surface area contributed by atoms with Gasteiger partial charge >= 0.3 is 5.97 Å². The Hall–Kier alpha value is -2.15. The Balaban J connectivity index is 2.01. The molecule has 0 spiro atoms. The van der Waals surface area contributed by atoms with Gasteiger partial charge in [0, 0.05) is 12.2 Å². The van der Waals surface area contributed by atoms with Crippen molar-refractivity contribution in [2.75, 3.05) is 25.1 Å². The SMILES string of the molecule is C#CC(C)C(=O)OCCCCCCNc1ccc(OCC)cc1. The number of benzene rings is 1. The van der Waals surface area contributed by atoms with Crippen molar-refractivity contribution in [2.45, 2.75) is 39.5 Å². The average molecular weight is 317 g/mol. The first kappa shape index (κ1) is 18.9. The molecule has 0 saturated carbocycles. The molecule has 1 aromatic rings. The number of hydrogen-bond donors (Lipinski definition) is 1. The Morgan fingerprint density at radius 3 is 2.57 bits per heavy atom. The summed E-state index contributed by atoms with van der Waals surface area (Å²) in [5.41, 5.74) is 1.10. The second-order valence-electron chi connectivity index (χ2n) is 5.35. The van der Waals surface area contributed by atoms with Crippen LogP contribution in [-0.2, 0) is 9.53 Å². The number of terminal acetylenes is 1. The van der Waals surface area contributed by atoms with E-state index < -0.39 is 5.92 Å². The Morgan fingerprint density at radius 1 is 1.22 bits per heavy atom. The summed E-state index contributed by atoms with van der Waals surface area (Å²) in [6.07, 6.45) is 9.28. The number of hydrogen-bond acceptors (Lipinski definition) is 4. The molecule has 4 heteroatoms. The lowest BCUT2D eigenvalue weighted by Gasteiger charge is -2.08. The molecule has 0 fully saturated rings. The van der Waals surface area contributed by atoms with Gasteiger partial charge in [-0.1, -0.05) is 12.3 Å². The number of carbonyl (C=O) groups excluding carboxylic acids is 1. The highest BCUT2D eigenvalue weighted by atomic mass is 16.5. The van der Waals surface area contributed by atoms with Crippen molar-refractivity contribution in [3.63, 3.8) is 0 Å². The van der Waals surface area contributed by atoms with E-state index in [1.54, 1.807) is 6.92 Å². The first-order valence-corrected chi connectivity index (χ1v) is 8.27. The van der Waals surface area contributed by atoms with Gasteiger partial charge in [0.2, 0.25) is 0 Å². The predicted molar refractivity (Wildman–Crippen MR) is 93.5 cm³/mol. The fourth-order valence-corrected chi connectivity index (χ4v) is 2.01. The van der Waals surface area contributed by atoms with Crippen molar-refractivity contribution in [2.24, 2.45) is 5.92 Å². The van der Waals surface area contributed by atoms with Crippen molar-refractivity contribution in [3.8, 4) is 18.1 Å². The fourth-order valence-electron chi connectivity index (χ4n) is 2.01. The molecule has 4 nitrogen and oxygen atoms in total. The molecule has 0 saturated heterocycles. The van der Waals surface area contributed by atoms with Crippen LogP contribution >= 0.6 is 0 Å². The smallest absolute Gasteiger partial charge is 0.320 e. The normalized spacial score (nSPS) is 11.3. The van der Waals surface area contributed by atoms with Crippen LogP contribution in [0, 0.1) is 18.3 Å². The van der Waals surface area contributed by atoms with Gasteiger partial charge in [-0.3, -0.25) is 4.79 Å². The number of nitrogens with one attached hydrogen (secondary N) is 1. The van der Waals surface area contributed by atoms with E-state index >= 15 is 0 Å². The summed E-state index contributed by atoms with van der Waals surface area (Å²) in [5.74, 6) is 2.51. The third-order valence-electron chi connectivity index (χ3n) is 3.41. The van der Waals surface area contributed by atoms with Crippen LogP contribution in [0.2, 0.25) is 0 Å². The number of unbranched alkanes of at least 4 members (excludes halogenated alkanes) is 3. The van der Waals surface area contributed by atoms with Crippen LogP contribution in [0.15, 0.2) is 24.3 Å². The van der Waals surface area contributed by atoms with E-state index in [0.717, 1.165) is 43.7 Å². The Labute approximate surface area is 139 Å². The minimum atomic E-state index is -0.451. The quantitative estimate of drug-likeness (QED) is 0.382. The van der Waals surface area contributed by atoms with Gasteiger partial charge in [-0.25, -0.2) is 0 Å². The van der Waals surface area contributed by atoms with E-state index in [1.165, 1.54) is 0 Å². The average Bonchev–Trinajstić information content (AvgIpc) is 2.58. The fraction of sp³-hybridized carbons (Fsp3) is 0.526. The molecule has 0 aromatic heterocycles. The molecule has 1 rings (SSSR count). The van der Waals surface area contributed by atoms with E-state index in [1.807, 2.05) is 31.2 Å². The molecule has 0 heterocycles. The van der Waals surface area contributed by atoms with Gasteiger partial charge in [-0.05, 0) is 57.4 Å². The summed E-state index contributed by atoms with van der Waals surface area (Å²) in [5, 5.41) is 3.38. The van der Waals surface area contributed by atoms with Gasteiger partial charge in [-0.15, -0.1) is 6.42 Å². The third-order valence-corrected chi connectivity index (χ3v) is 3.41. The van der Waals surface area contributed by atoms with Crippen LogP contribution < -0.4 is 10.1 Å². The summed E-state index contributed by atoms with van der Waals surface area (Å²) in [7, 11) is 0. The maximum atomic E-state index is 11.3. The Morgan fingerprint density at radius 2 is 1.91 bits per heavy atom. The van der Waals surface area contributed by atoms with E-state index in [-0.39, 0.29) is 5.97 Å². The molecule has 1 atom stereocenters. The molecule has 0 aliphatic heterocycles. The topological polar surface area (TPSA) is 47.6 Å². The zero-order chi connectivity index (χ0) is 16.9. The second kappa shape index (κ2) is 11.4. The molecule has 1 aromatic carbocycles. The molecule has 1 N–H and O–H groups in total. The molecule has 0 aliphatic rings. The number of carbonyl (C=O) groups is 1. The van der Waals surface area contributed by atoms with Gasteiger partial charge in [0.05, 0.1) is 13.2 Å². The summed E-state index contributed by atoms with van der Waals surface area (Å²) >= 11 is 0. The van der Waals surface area contributed by atoms with Crippen molar-refractivity contribution in [1.29, 1.82) is 0 Å². The molecule has 23 heavy (non-hydrogen) atoms. The molecule has 126 valence electrons. The van der Waals surface area contributed by atoms with Gasteiger partial charge in [0.25, 0.3) is 0 Å². The zero-order valence-corrected chi connectivity index (χ0v) is 14.1. The largest absolute Gasteiger partial charge is 0.494 e. The summed E-state index contributed by atoms with van der Waals surface area (Å²) in [6.45, 7) is 5.72. The number of rotatable bonds is 11. The predicted octanol–water partition coefficient (Wildman–Crippen LogP) is 3.87. The van der Waals surface area contributed by atoms with Crippen molar-refractivity contribution < 1.29 is 14.3 Å². The first-order valence-electron chi connectivity index (χ1n) is 8.27. The highest BCUT2D eigenvalue weighted by Gasteiger charge is 2.09. The van der Waals surface area contributed by atoms with Crippen molar-refractivity contribution >= 4 is 11.7 Å². The van der Waals surface area contributed by atoms with Crippen LogP contribution in [0.5, 0.6) is 5.75 Å². The van der Waals surface area contributed by atoms with Crippen LogP contribution in [0.1, 0.15) is 39.5 Å². The summed E-state index contributed by atoms with van der Waals surface area (Å²) in [6, 6.07) is 7.99. The molecule has 0 radical (unpaired) electrons. The van der Waals surface area contributed by atoms with Gasteiger partial charge < -0.3 is 14.8 Å². The van der Waals surface area contributed by atoms with E-state index in [2.05, 4.69) is 11.2 Å². The van der Waals surface area contributed by atoms with E-state index in [9.17, 15) is 4.79 Å². The zero-order valence-electron chi connectivity index (χ0n) is 14.1. The molecule has 1 unspecified atom stereocenters. The Bertz CT molecular complexity index is 490.